The Balaban J connectivity index is 1.89. The van der Waals surface area contributed by atoms with Gasteiger partial charge in [-0.1, -0.05) is 0 Å². The van der Waals surface area contributed by atoms with Crippen LogP contribution in [0.15, 0.2) is 0 Å². The molecule has 0 saturated carbocycles. The molecular formula is C11H23N3O2. The predicted octanol–water partition coefficient (Wildman–Crippen LogP) is -0.566. The van der Waals surface area contributed by atoms with Crippen LogP contribution in [-0.4, -0.2) is 63.3 Å². The van der Waals surface area contributed by atoms with Crippen LogP contribution in [0.4, 0.5) is 0 Å². The lowest BCUT2D eigenvalue weighted by Crippen LogP contribution is -2.38. The molecule has 0 aliphatic carbocycles. The number of rotatable bonds is 7. The first-order valence-corrected chi connectivity index (χ1v) is 6.10. The van der Waals surface area contributed by atoms with Crippen LogP contribution in [-0.2, 0) is 9.53 Å². The Kier molecular flexibility index (Phi) is 7.12. The summed E-state index contributed by atoms with van der Waals surface area (Å²) in [4.78, 5) is 13.5. The number of nitrogens with one attached hydrogen (secondary N) is 2. The minimum atomic E-state index is 0.0777. The summed E-state index contributed by atoms with van der Waals surface area (Å²) in [5, 5.41) is 5.90. The Morgan fingerprint density at radius 3 is 2.81 bits per heavy atom. The van der Waals surface area contributed by atoms with Gasteiger partial charge in [-0.3, -0.25) is 9.69 Å². The number of hydrogen-bond acceptors (Lipinski definition) is 4. The van der Waals surface area contributed by atoms with E-state index in [0.29, 0.717) is 13.1 Å². The number of ether oxygens (including phenoxy) is 1. The van der Waals surface area contributed by atoms with Crippen molar-refractivity contribution in [3.05, 3.63) is 0 Å². The molecule has 1 heterocycles. The number of nitrogens with zero attached hydrogens (tertiary/aromatic N) is 1. The van der Waals surface area contributed by atoms with E-state index in [2.05, 4.69) is 15.5 Å². The van der Waals surface area contributed by atoms with E-state index in [4.69, 9.17) is 4.74 Å². The van der Waals surface area contributed by atoms with E-state index in [1.165, 1.54) is 0 Å². The van der Waals surface area contributed by atoms with Crippen LogP contribution in [0.2, 0.25) is 0 Å². The molecule has 0 aromatic carbocycles. The number of carbonyl (C=O) groups is 1. The SMILES string of the molecule is CCNC(=O)CNCCCN1CCOCC1. The zero-order valence-electron chi connectivity index (χ0n) is 10.1. The highest BCUT2D eigenvalue weighted by molar-refractivity contribution is 5.77. The van der Waals surface area contributed by atoms with Gasteiger partial charge in [0.25, 0.3) is 0 Å². The predicted molar refractivity (Wildman–Crippen MR) is 63.4 cm³/mol. The summed E-state index contributed by atoms with van der Waals surface area (Å²) in [5.41, 5.74) is 0. The molecule has 1 fully saturated rings. The minimum Gasteiger partial charge on any atom is -0.379 e. The fourth-order valence-electron chi connectivity index (χ4n) is 1.71. The molecule has 2 N–H and O–H groups in total. The zero-order chi connectivity index (χ0) is 11.6. The van der Waals surface area contributed by atoms with Gasteiger partial charge in [-0.15, -0.1) is 0 Å². The Morgan fingerprint density at radius 1 is 1.38 bits per heavy atom. The molecule has 16 heavy (non-hydrogen) atoms. The van der Waals surface area contributed by atoms with E-state index < -0.39 is 0 Å². The lowest BCUT2D eigenvalue weighted by atomic mass is 10.3. The molecule has 1 rings (SSSR count). The fourth-order valence-corrected chi connectivity index (χ4v) is 1.71. The van der Waals surface area contributed by atoms with Crippen LogP contribution in [0.1, 0.15) is 13.3 Å². The molecule has 5 nitrogen and oxygen atoms in total. The van der Waals surface area contributed by atoms with Crippen molar-refractivity contribution in [2.24, 2.45) is 0 Å². The minimum absolute atomic E-state index is 0.0777. The molecule has 1 aliphatic rings. The second-order valence-electron chi connectivity index (χ2n) is 3.94. The summed E-state index contributed by atoms with van der Waals surface area (Å²) in [6, 6.07) is 0. The topological polar surface area (TPSA) is 53.6 Å². The van der Waals surface area contributed by atoms with Gasteiger partial charge in [0.05, 0.1) is 19.8 Å². The van der Waals surface area contributed by atoms with Crippen molar-refractivity contribution in [2.75, 3.05) is 52.5 Å². The Hall–Kier alpha value is -0.650. The molecule has 1 saturated heterocycles. The van der Waals surface area contributed by atoms with Crippen LogP contribution in [0.3, 0.4) is 0 Å². The summed E-state index contributed by atoms with van der Waals surface area (Å²) >= 11 is 0. The smallest absolute Gasteiger partial charge is 0.233 e. The summed E-state index contributed by atoms with van der Waals surface area (Å²) in [6.07, 6.45) is 1.08. The van der Waals surface area contributed by atoms with Gasteiger partial charge in [0.1, 0.15) is 0 Å². The first kappa shape index (κ1) is 13.4. The molecule has 94 valence electrons. The molecule has 0 aromatic heterocycles. The second kappa shape index (κ2) is 8.50. The average Bonchev–Trinajstić information content (AvgIpc) is 2.30. The number of carbonyl (C=O) groups excluding carboxylic acids is 1. The molecule has 0 atom stereocenters. The van der Waals surface area contributed by atoms with Crippen molar-refractivity contribution in [3.63, 3.8) is 0 Å². The van der Waals surface area contributed by atoms with E-state index in [9.17, 15) is 4.79 Å². The largest absolute Gasteiger partial charge is 0.379 e. The van der Waals surface area contributed by atoms with E-state index in [1.54, 1.807) is 0 Å². The maximum Gasteiger partial charge on any atom is 0.233 e. The first-order valence-electron chi connectivity index (χ1n) is 6.10. The molecule has 0 aromatic rings. The Bertz CT molecular complexity index is 194. The molecule has 5 heteroatoms. The first-order chi connectivity index (χ1) is 7.83. The number of hydrogen-bond donors (Lipinski definition) is 2. The van der Waals surface area contributed by atoms with Gasteiger partial charge in [-0.25, -0.2) is 0 Å². The van der Waals surface area contributed by atoms with Crippen LogP contribution in [0, 0.1) is 0 Å². The van der Waals surface area contributed by atoms with Crippen LogP contribution < -0.4 is 10.6 Å². The van der Waals surface area contributed by atoms with Crippen molar-refractivity contribution in [2.45, 2.75) is 13.3 Å². The number of amides is 1. The van der Waals surface area contributed by atoms with Crippen molar-refractivity contribution in [1.82, 2.24) is 15.5 Å². The van der Waals surface area contributed by atoms with Gasteiger partial charge in [0.2, 0.25) is 5.91 Å². The van der Waals surface area contributed by atoms with E-state index in [0.717, 1.165) is 45.8 Å². The quantitative estimate of drug-likeness (QED) is 0.574. The third-order valence-corrected chi connectivity index (χ3v) is 2.59. The molecule has 1 aliphatic heterocycles. The maximum absolute atomic E-state index is 11.1. The lowest BCUT2D eigenvalue weighted by Gasteiger charge is -2.26. The molecule has 0 bridgehead atoms. The monoisotopic (exact) mass is 229 g/mol. The maximum atomic E-state index is 11.1. The number of likely N-dealkylation sites (N-methyl/N-ethyl adjacent to an activating group) is 1. The highest BCUT2D eigenvalue weighted by Crippen LogP contribution is 1.96. The highest BCUT2D eigenvalue weighted by Gasteiger charge is 2.08. The van der Waals surface area contributed by atoms with E-state index >= 15 is 0 Å². The molecule has 0 unspecified atom stereocenters. The lowest BCUT2D eigenvalue weighted by molar-refractivity contribution is -0.120. The van der Waals surface area contributed by atoms with Gasteiger partial charge in [-0.05, 0) is 26.4 Å². The molecule has 0 radical (unpaired) electrons. The summed E-state index contributed by atoms with van der Waals surface area (Å²) in [6.45, 7) is 8.83. The molecule has 0 spiro atoms. The summed E-state index contributed by atoms with van der Waals surface area (Å²) < 4.78 is 5.28. The standard InChI is InChI=1S/C11H23N3O2/c1-2-13-11(15)10-12-4-3-5-14-6-8-16-9-7-14/h12H,2-10H2,1H3,(H,13,15). The van der Waals surface area contributed by atoms with Crippen LogP contribution in [0.25, 0.3) is 0 Å². The number of morpholine rings is 1. The summed E-state index contributed by atoms with van der Waals surface area (Å²) in [7, 11) is 0. The van der Waals surface area contributed by atoms with Crippen LogP contribution >= 0.6 is 0 Å². The third kappa shape index (κ3) is 6.05. The fraction of sp³-hybridized carbons (Fsp3) is 0.909. The average molecular weight is 229 g/mol. The molecule has 1 amide bonds. The zero-order valence-corrected chi connectivity index (χ0v) is 10.1. The molecular weight excluding hydrogens is 206 g/mol. The van der Waals surface area contributed by atoms with Crippen molar-refractivity contribution < 1.29 is 9.53 Å². The highest BCUT2D eigenvalue weighted by atomic mass is 16.5. The van der Waals surface area contributed by atoms with Gasteiger partial charge in [-0.2, -0.15) is 0 Å². The van der Waals surface area contributed by atoms with Gasteiger partial charge in [0.15, 0.2) is 0 Å². The second-order valence-corrected chi connectivity index (χ2v) is 3.94. The Morgan fingerprint density at radius 2 is 2.12 bits per heavy atom. The van der Waals surface area contributed by atoms with E-state index in [-0.39, 0.29) is 5.91 Å². The van der Waals surface area contributed by atoms with E-state index in [1.807, 2.05) is 6.92 Å². The van der Waals surface area contributed by atoms with Crippen molar-refractivity contribution >= 4 is 5.91 Å². The van der Waals surface area contributed by atoms with Crippen LogP contribution in [0.5, 0.6) is 0 Å². The Labute approximate surface area is 97.5 Å². The van der Waals surface area contributed by atoms with Crippen molar-refractivity contribution in [1.29, 1.82) is 0 Å². The summed E-state index contributed by atoms with van der Waals surface area (Å²) in [5.74, 6) is 0.0777. The van der Waals surface area contributed by atoms with Gasteiger partial charge in [0, 0.05) is 19.6 Å². The third-order valence-electron chi connectivity index (χ3n) is 2.59. The van der Waals surface area contributed by atoms with Gasteiger partial charge >= 0.3 is 0 Å². The van der Waals surface area contributed by atoms with Gasteiger partial charge < -0.3 is 15.4 Å². The van der Waals surface area contributed by atoms with Crippen molar-refractivity contribution in [3.8, 4) is 0 Å². The normalized spacial score (nSPS) is 17.3.